The first kappa shape index (κ1) is 10.9. The van der Waals surface area contributed by atoms with Gasteiger partial charge in [-0.2, -0.15) is 0 Å². The molecular weight excluding hydrogens is 196 g/mol. The molecule has 0 aromatic heterocycles. The van der Waals surface area contributed by atoms with Crippen LogP contribution in [0.15, 0.2) is 36.4 Å². The van der Waals surface area contributed by atoms with Crippen LogP contribution in [0.1, 0.15) is 30.9 Å². The minimum atomic E-state index is -0.0221. The number of carbonyl (C=O) groups is 1. The Kier molecular flexibility index (Phi) is 2.78. The monoisotopic (exact) mass is 212 g/mol. The van der Waals surface area contributed by atoms with Crippen molar-refractivity contribution in [2.45, 2.75) is 26.7 Å². The van der Waals surface area contributed by atoms with Crippen molar-refractivity contribution in [3.63, 3.8) is 0 Å². The molecule has 0 N–H and O–H groups in total. The molecule has 0 saturated carbocycles. The van der Waals surface area contributed by atoms with Crippen LogP contribution in [0.3, 0.4) is 0 Å². The Morgan fingerprint density at radius 1 is 1.12 bits per heavy atom. The molecule has 82 valence electrons. The third-order valence-electron chi connectivity index (χ3n) is 3.23. The smallest absolute Gasteiger partial charge is 0.137 e. The highest BCUT2D eigenvalue weighted by molar-refractivity contribution is 5.93. The minimum absolute atomic E-state index is 0.0221. The van der Waals surface area contributed by atoms with E-state index in [4.69, 9.17) is 0 Å². The van der Waals surface area contributed by atoms with Crippen LogP contribution in [0.2, 0.25) is 0 Å². The first-order chi connectivity index (χ1) is 7.61. The summed E-state index contributed by atoms with van der Waals surface area (Å²) in [5.41, 5.74) is 2.37. The Bertz CT molecular complexity index is 540. The lowest BCUT2D eigenvalue weighted by atomic mass is 9.89. The van der Waals surface area contributed by atoms with Gasteiger partial charge in [-0.15, -0.1) is 0 Å². The van der Waals surface area contributed by atoms with Crippen molar-refractivity contribution in [3.8, 4) is 0 Å². The summed E-state index contributed by atoms with van der Waals surface area (Å²) in [4.78, 5) is 11.5. The van der Waals surface area contributed by atoms with Crippen LogP contribution in [0.25, 0.3) is 10.8 Å². The molecule has 1 atom stereocenters. The number of fused-ring (bicyclic) bond motifs is 1. The van der Waals surface area contributed by atoms with Gasteiger partial charge in [0.1, 0.15) is 5.78 Å². The predicted octanol–water partition coefficient (Wildman–Crippen LogP) is 3.84. The molecule has 0 aliphatic heterocycles. The van der Waals surface area contributed by atoms with Gasteiger partial charge >= 0.3 is 0 Å². The number of hydrogen-bond donors (Lipinski definition) is 0. The lowest BCUT2D eigenvalue weighted by Gasteiger charge is -2.15. The molecule has 2 rings (SSSR count). The van der Waals surface area contributed by atoms with Gasteiger partial charge in [0.25, 0.3) is 0 Å². The molecule has 1 nitrogen and oxygen atoms in total. The van der Waals surface area contributed by atoms with Gasteiger partial charge in [0.2, 0.25) is 0 Å². The first-order valence-electron chi connectivity index (χ1n) is 5.60. The zero-order valence-electron chi connectivity index (χ0n) is 9.95. The van der Waals surface area contributed by atoms with Gasteiger partial charge in [-0.05, 0) is 35.7 Å². The maximum absolute atomic E-state index is 11.5. The van der Waals surface area contributed by atoms with Crippen molar-refractivity contribution < 1.29 is 4.79 Å². The second kappa shape index (κ2) is 4.09. The van der Waals surface area contributed by atoms with Crippen molar-refractivity contribution in [2.75, 3.05) is 0 Å². The average molecular weight is 212 g/mol. The lowest BCUT2D eigenvalue weighted by molar-refractivity contribution is -0.118. The van der Waals surface area contributed by atoms with Crippen LogP contribution in [0, 0.1) is 6.92 Å². The average Bonchev–Trinajstić information content (AvgIpc) is 2.28. The topological polar surface area (TPSA) is 17.1 Å². The quantitative estimate of drug-likeness (QED) is 0.739. The number of ketones is 1. The zero-order chi connectivity index (χ0) is 11.7. The van der Waals surface area contributed by atoms with Crippen molar-refractivity contribution >= 4 is 16.6 Å². The third kappa shape index (κ3) is 1.73. The van der Waals surface area contributed by atoms with Gasteiger partial charge in [0.15, 0.2) is 0 Å². The number of hydrogen-bond acceptors (Lipinski definition) is 1. The second-order valence-corrected chi connectivity index (χ2v) is 4.35. The molecule has 0 bridgehead atoms. The fraction of sp³-hybridized carbons (Fsp3) is 0.267. The molecule has 0 fully saturated rings. The summed E-state index contributed by atoms with van der Waals surface area (Å²) >= 11 is 0. The highest BCUT2D eigenvalue weighted by atomic mass is 16.1. The predicted molar refractivity (Wildman–Crippen MR) is 67.8 cm³/mol. The summed E-state index contributed by atoms with van der Waals surface area (Å²) < 4.78 is 0. The number of rotatable bonds is 2. The number of Topliss-reactive ketones (excluding diaryl/α,β-unsaturated/α-hetero) is 1. The maximum Gasteiger partial charge on any atom is 0.137 e. The van der Waals surface area contributed by atoms with E-state index < -0.39 is 0 Å². The molecule has 2 aromatic carbocycles. The van der Waals surface area contributed by atoms with Gasteiger partial charge < -0.3 is 0 Å². The zero-order valence-corrected chi connectivity index (χ0v) is 9.95. The molecule has 16 heavy (non-hydrogen) atoms. The van der Waals surface area contributed by atoms with E-state index in [-0.39, 0.29) is 11.7 Å². The van der Waals surface area contributed by atoms with Crippen LogP contribution in [0.4, 0.5) is 0 Å². The summed E-state index contributed by atoms with van der Waals surface area (Å²) in [5.74, 6) is 0.200. The van der Waals surface area contributed by atoms with E-state index in [0.29, 0.717) is 0 Å². The van der Waals surface area contributed by atoms with E-state index in [0.717, 1.165) is 0 Å². The largest absolute Gasteiger partial charge is 0.299 e. The highest BCUT2D eigenvalue weighted by Gasteiger charge is 2.15. The molecule has 1 unspecified atom stereocenters. The summed E-state index contributed by atoms with van der Waals surface area (Å²) in [6, 6.07) is 12.4. The third-order valence-corrected chi connectivity index (χ3v) is 3.23. The maximum atomic E-state index is 11.5. The molecule has 0 heterocycles. The summed E-state index contributed by atoms with van der Waals surface area (Å²) in [5, 5.41) is 2.40. The normalized spacial score (nSPS) is 12.7. The molecule has 0 spiro atoms. The Morgan fingerprint density at radius 3 is 2.50 bits per heavy atom. The SMILES string of the molecule is CC(=O)C(C)c1c(C)ccc2ccccc12. The molecule has 0 aliphatic carbocycles. The van der Waals surface area contributed by atoms with Gasteiger partial charge in [-0.25, -0.2) is 0 Å². The van der Waals surface area contributed by atoms with E-state index in [1.807, 2.05) is 19.1 Å². The number of aryl methyl sites for hydroxylation is 1. The Balaban J connectivity index is 2.75. The molecular formula is C15H16O. The number of carbonyl (C=O) groups excluding carboxylic acids is 1. The summed E-state index contributed by atoms with van der Waals surface area (Å²) in [6.45, 7) is 5.71. The Labute approximate surface area is 96.1 Å². The van der Waals surface area contributed by atoms with Gasteiger partial charge in [-0.3, -0.25) is 4.79 Å². The van der Waals surface area contributed by atoms with E-state index in [1.54, 1.807) is 6.92 Å². The Hall–Kier alpha value is -1.63. The summed E-state index contributed by atoms with van der Waals surface area (Å²) in [6.07, 6.45) is 0. The second-order valence-electron chi connectivity index (χ2n) is 4.35. The van der Waals surface area contributed by atoms with Gasteiger partial charge in [0.05, 0.1) is 0 Å². The first-order valence-corrected chi connectivity index (χ1v) is 5.60. The number of benzene rings is 2. The molecule has 0 radical (unpaired) electrons. The van der Waals surface area contributed by atoms with Gasteiger partial charge in [-0.1, -0.05) is 43.3 Å². The van der Waals surface area contributed by atoms with Crippen molar-refractivity contribution in [1.29, 1.82) is 0 Å². The fourth-order valence-corrected chi connectivity index (χ4v) is 2.18. The Morgan fingerprint density at radius 2 is 1.81 bits per heavy atom. The van der Waals surface area contributed by atoms with Crippen LogP contribution in [-0.2, 0) is 4.79 Å². The minimum Gasteiger partial charge on any atom is -0.299 e. The van der Waals surface area contributed by atoms with E-state index in [9.17, 15) is 4.79 Å². The molecule has 2 aromatic rings. The molecule has 1 heteroatoms. The van der Waals surface area contributed by atoms with Crippen LogP contribution in [-0.4, -0.2) is 5.78 Å². The van der Waals surface area contributed by atoms with E-state index >= 15 is 0 Å². The lowest BCUT2D eigenvalue weighted by Crippen LogP contribution is -2.06. The standard InChI is InChI=1S/C15H16O/c1-10-8-9-13-6-4-5-7-14(13)15(10)11(2)12(3)16/h4-9,11H,1-3H3. The van der Waals surface area contributed by atoms with Crippen molar-refractivity contribution in [1.82, 2.24) is 0 Å². The molecule has 0 aliphatic rings. The van der Waals surface area contributed by atoms with Gasteiger partial charge in [0, 0.05) is 5.92 Å². The molecule has 0 saturated heterocycles. The van der Waals surface area contributed by atoms with E-state index in [2.05, 4.69) is 31.2 Å². The van der Waals surface area contributed by atoms with Crippen LogP contribution in [0.5, 0.6) is 0 Å². The highest BCUT2D eigenvalue weighted by Crippen LogP contribution is 2.29. The van der Waals surface area contributed by atoms with Crippen molar-refractivity contribution in [2.24, 2.45) is 0 Å². The van der Waals surface area contributed by atoms with Crippen molar-refractivity contribution in [3.05, 3.63) is 47.5 Å². The summed E-state index contributed by atoms with van der Waals surface area (Å²) in [7, 11) is 0. The van der Waals surface area contributed by atoms with E-state index in [1.165, 1.54) is 21.9 Å². The van der Waals surface area contributed by atoms with Crippen LogP contribution >= 0.6 is 0 Å². The fourth-order valence-electron chi connectivity index (χ4n) is 2.18. The molecule has 0 amide bonds. The van der Waals surface area contributed by atoms with Crippen LogP contribution < -0.4 is 0 Å².